The van der Waals surface area contributed by atoms with Gasteiger partial charge in [0.25, 0.3) is 0 Å². The van der Waals surface area contributed by atoms with E-state index in [1.165, 1.54) is 4.31 Å². The van der Waals surface area contributed by atoms with Crippen LogP contribution in [0.1, 0.15) is 20.3 Å². The summed E-state index contributed by atoms with van der Waals surface area (Å²) >= 11 is 0. The Morgan fingerprint density at radius 1 is 1.24 bits per heavy atom. The summed E-state index contributed by atoms with van der Waals surface area (Å²) in [4.78, 5) is 0. The first-order valence-corrected chi connectivity index (χ1v) is 8.60. The Hall–Kier alpha value is -1.60. The van der Waals surface area contributed by atoms with Crippen molar-refractivity contribution in [3.05, 3.63) is 24.3 Å². The monoisotopic (exact) mass is 308 g/mol. The first-order valence-electron chi connectivity index (χ1n) is 7.16. The first kappa shape index (κ1) is 14.3. The van der Waals surface area contributed by atoms with Crippen LogP contribution in [0.5, 0.6) is 0 Å². The van der Waals surface area contributed by atoms with Crippen LogP contribution in [0.4, 0.5) is 5.82 Å². The summed E-state index contributed by atoms with van der Waals surface area (Å²) in [6.45, 7) is 5.29. The highest BCUT2D eigenvalue weighted by Gasteiger charge is 2.31. The minimum atomic E-state index is -3.56. The van der Waals surface area contributed by atoms with Crippen LogP contribution >= 0.6 is 0 Å². The van der Waals surface area contributed by atoms with Gasteiger partial charge in [0.05, 0.1) is 5.52 Å². The summed E-state index contributed by atoms with van der Waals surface area (Å²) < 4.78 is 29.2. The van der Waals surface area contributed by atoms with Gasteiger partial charge in [-0.3, -0.25) is 9.82 Å². The van der Waals surface area contributed by atoms with Gasteiger partial charge in [0.15, 0.2) is 5.82 Å². The maximum absolute atomic E-state index is 12.5. The van der Waals surface area contributed by atoms with Crippen LogP contribution in [-0.2, 0) is 10.2 Å². The molecule has 1 saturated heterocycles. The lowest BCUT2D eigenvalue weighted by molar-refractivity contribution is 0.223. The number of anilines is 1. The van der Waals surface area contributed by atoms with E-state index in [0.29, 0.717) is 30.7 Å². The van der Waals surface area contributed by atoms with Gasteiger partial charge in [-0.25, -0.2) is 0 Å². The highest BCUT2D eigenvalue weighted by molar-refractivity contribution is 7.90. The molecule has 2 heterocycles. The quantitative estimate of drug-likeness (QED) is 0.912. The van der Waals surface area contributed by atoms with Gasteiger partial charge in [-0.15, -0.1) is 0 Å². The van der Waals surface area contributed by atoms with Gasteiger partial charge < -0.3 is 0 Å². The van der Waals surface area contributed by atoms with Crippen LogP contribution in [-0.4, -0.2) is 36.0 Å². The molecule has 0 spiro atoms. The molecule has 0 bridgehead atoms. The van der Waals surface area contributed by atoms with E-state index in [-0.39, 0.29) is 0 Å². The molecule has 2 unspecified atom stereocenters. The minimum absolute atomic E-state index is 0.358. The Kier molecular flexibility index (Phi) is 3.62. The molecule has 2 atom stereocenters. The molecule has 7 heteroatoms. The second kappa shape index (κ2) is 5.31. The number of hydrogen-bond acceptors (Lipinski definition) is 3. The lowest BCUT2D eigenvalue weighted by Crippen LogP contribution is -2.45. The van der Waals surface area contributed by atoms with Crippen LogP contribution in [0.3, 0.4) is 0 Å². The molecule has 114 valence electrons. The van der Waals surface area contributed by atoms with Crippen molar-refractivity contribution in [2.45, 2.75) is 20.3 Å². The highest BCUT2D eigenvalue weighted by atomic mass is 32.2. The molecule has 21 heavy (non-hydrogen) atoms. The van der Waals surface area contributed by atoms with E-state index in [2.05, 4.69) is 28.8 Å². The second-order valence-corrected chi connectivity index (χ2v) is 7.66. The van der Waals surface area contributed by atoms with Crippen LogP contribution in [0.2, 0.25) is 0 Å². The van der Waals surface area contributed by atoms with Gasteiger partial charge in [0.1, 0.15) is 0 Å². The molecule has 1 aliphatic heterocycles. The Bertz CT molecular complexity index is 730. The summed E-state index contributed by atoms with van der Waals surface area (Å²) in [5.41, 5.74) is 0.815. The summed E-state index contributed by atoms with van der Waals surface area (Å²) in [7, 11) is -3.56. The summed E-state index contributed by atoms with van der Waals surface area (Å²) in [6.07, 6.45) is 1.07. The third-order valence-corrected chi connectivity index (χ3v) is 5.30. The molecule has 0 saturated carbocycles. The fourth-order valence-electron chi connectivity index (χ4n) is 3.03. The third kappa shape index (κ3) is 2.89. The molecule has 6 nitrogen and oxygen atoms in total. The fraction of sp³-hybridized carbons (Fsp3) is 0.500. The smallest absolute Gasteiger partial charge is 0.276 e. The molecule has 2 aromatic rings. The van der Waals surface area contributed by atoms with E-state index < -0.39 is 10.2 Å². The maximum atomic E-state index is 12.5. The Morgan fingerprint density at radius 2 is 1.90 bits per heavy atom. The van der Waals surface area contributed by atoms with Crippen LogP contribution in [0.15, 0.2) is 24.3 Å². The van der Waals surface area contributed by atoms with Crippen LogP contribution in [0, 0.1) is 11.8 Å². The van der Waals surface area contributed by atoms with Crippen LogP contribution in [0.25, 0.3) is 10.9 Å². The van der Waals surface area contributed by atoms with Gasteiger partial charge in [-0.2, -0.15) is 17.8 Å². The van der Waals surface area contributed by atoms with Crippen molar-refractivity contribution in [2.24, 2.45) is 11.8 Å². The van der Waals surface area contributed by atoms with Gasteiger partial charge in [-0.1, -0.05) is 26.0 Å². The third-order valence-electron chi connectivity index (χ3n) is 3.87. The number of nitrogens with one attached hydrogen (secondary N) is 2. The molecule has 1 aromatic heterocycles. The topological polar surface area (TPSA) is 78.1 Å². The molecule has 1 aliphatic rings. The predicted octanol–water partition coefficient (Wildman–Crippen LogP) is 2.20. The molecular weight excluding hydrogens is 288 g/mol. The predicted molar refractivity (Wildman–Crippen MR) is 83.2 cm³/mol. The SMILES string of the molecule is CC1CC(C)CN(S(=O)(=O)Nc2n[nH]c3ccccc23)C1. The molecule has 1 fully saturated rings. The number of para-hydroxylation sites is 1. The lowest BCUT2D eigenvalue weighted by atomic mass is 9.94. The molecule has 0 aliphatic carbocycles. The zero-order valence-electron chi connectivity index (χ0n) is 12.2. The van der Waals surface area contributed by atoms with Gasteiger partial charge in [-0.05, 0) is 30.4 Å². The van der Waals surface area contributed by atoms with Crippen molar-refractivity contribution in [3.8, 4) is 0 Å². The number of aromatic nitrogens is 2. The average Bonchev–Trinajstić information content (AvgIpc) is 2.81. The van der Waals surface area contributed by atoms with E-state index in [9.17, 15) is 8.42 Å². The van der Waals surface area contributed by atoms with E-state index in [1.807, 2.05) is 24.3 Å². The largest absolute Gasteiger partial charge is 0.302 e. The number of piperidine rings is 1. The fourth-order valence-corrected chi connectivity index (χ4v) is 4.46. The molecule has 3 rings (SSSR count). The van der Waals surface area contributed by atoms with Crippen molar-refractivity contribution >= 4 is 26.9 Å². The van der Waals surface area contributed by atoms with Crippen molar-refractivity contribution < 1.29 is 8.42 Å². The number of hydrogen-bond donors (Lipinski definition) is 2. The van der Waals surface area contributed by atoms with E-state index >= 15 is 0 Å². The second-order valence-electron chi connectivity index (χ2n) is 5.99. The average molecular weight is 308 g/mol. The molecule has 2 N–H and O–H groups in total. The van der Waals surface area contributed by atoms with Gasteiger partial charge >= 0.3 is 10.2 Å². The van der Waals surface area contributed by atoms with E-state index in [0.717, 1.165) is 17.3 Å². The minimum Gasteiger partial charge on any atom is -0.276 e. The number of aromatic amines is 1. The maximum Gasteiger partial charge on any atom is 0.302 e. The van der Waals surface area contributed by atoms with Crippen molar-refractivity contribution in [3.63, 3.8) is 0 Å². The van der Waals surface area contributed by atoms with Crippen LogP contribution < -0.4 is 4.72 Å². The van der Waals surface area contributed by atoms with E-state index in [1.54, 1.807) is 0 Å². The number of fused-ring (bicyclic) bond motifs is 1. The Balaban J connectivity index is 1.86. The zero-order valence-corrected chi connectivity index (χ0v) is 13.0. The first-order chi connectivity index (χ1) is 9.95. The number of benzene rings is 1. The Labute approximate surface area is 124 Å². The number of rotatable bonds is 3. The molecule has 0 amide bonds. The molecule has 0 radical (unpaired) electrons. The van der Waals surface area contributed by atoms with E-state index in [4.69, 9.17) is 0 Å². The number of nitrogens with zero attached hydrogens (tertiary/aromatic N) is 2. The van der Waals surface area contributed by atoms with Crippen molar-refractivity contribution in [1.82, 2.24) is 14.5 Å². The summed E-state index contributed by atoms with van der Waals surface area (Å²) in [5, 5.41) is 7.68. The number of H-pyrrole nitrogens is 1. The standard InChI is InChI=1S/C14H20N4O2S/c1-10-7-11(2)9-18(8-10)21(19,20)17-14-12-5-3-4-6-13(12)15-16-14/h3-6,10-11H,7-9H2,1-2H3,(H2,15,16,17). The normalized spacial score (nSPS) is 24.3. The van der Waals surface area contributed by atoms with Gasteiger partial charge in [0, 0.05) is 18.5 Å². The Morgan fingerprint density at radius 3 is 2.62 bits per heavy atom. The molecular formula is C14H20N4O2S. The summed E-state index contributed by atoms with van der Waals surface area (Å²) in [6, 6.07) is 7.46. The van der Waals surface area contributed by atoms with Gasteiger partial charge in [0.2, 0.25) is 0 Å². The van der Waals surface area contributed by atoms with Crippen molar-refractivity contribution in [2.75, 3.05) is 17.8 Å². The zero-order chi connectivity index (χ0) is 15.0. The highest BCUT2D eigenvalue weighted by Crippen LogP contribution is 2.26. The van der Waals surface area contributed by atoms with Crippen molar-refractivity contribution in [1.29, 1.82) is 0 Å². The lowest BCUT2D eigenvalue weighted by Gasteiger charge is -2.33. The summed E-state index contributed by atoms with van der Waals surface area (Å²) in [5.74, 6) is 1.11. The molecule has 1 aromatic carbocycles.